The molecular weight excluding hydrogens is 477 g/mol. The maximum Gasteiger partial charge on any atom is 0.416 e. The largest absolute Gasteiger partial charge is 0.416 e. The van der Waals surface area contributed by atoms with E-state index in [1.807, 2.05) is 30.3 Å². The van der Waals surface area contributed by atoms with Crippen LogP contribution >= 0.6 is 11.6 Å². The summed E-state index contributed by atoms with van der Waals surface area (Å²) in [5.41, 5.74) is 4.82. The number of fused-ring (bicyclic) bond motifs is 5. The molecule has 0 heterocycles. The third kappa shape index (κ3) is 3.87. The molecule has 0 nitrogen and oxygen atoms in total. The highest BCUT2D eigenvalue weighted by Gasteiger charge is 2.34. The smallest absolute Gasteiger partial charge is 0.166 e. The summed E-state index contributed by atoms with van der Waals surface area (Å²) in [7, 11) is 0. The van der Waals surface area contributed by atoms with Gasteiger partial charge in [0.1, 0.15) is 0 Å². The van der Waals surface area contributed by atoms with Gasteiger partial charge in [-0.2, -0.15) is 13.2 Å². The molecule has 1 aliphatic rings. The molecule has 5 aromatic rings. The van der Waals surface area contributed by atoms with Crippen molar-refractivity contribution in [2.24, 2.45) is 0 Å². The SMILES string of the molecule is Cc1cc(Cl)ccc1C1CCC(c2cccc(C(F)(F)F)c2)c2c1ccc1c2ccc2ccccc21. The molecule has 2 atom stereocenters. The molecule has 1 aliphatic carbocycles. The molecule has 180 valence electrons. The molecule has 0 aromatic heterocycles. The molecule has 0 fully saturated rings. The summed E-state index contributed by atoms with van der Waals surface area (Å²) in [6.45, 7) is 2.08. The summed E-state index contributed by atoms with van der Waals surface area (Å²) in [6, 6.07) is 28.8. The number of hydrogen-bond acceptors (Lipinski definition) is 0. The summed E-state index contributed by atoms with van der Waals surface area (Å²) in [5, 5.41) is 5.27. The normalized spacial score (nSPS) is 17.9. The van der Waals surface area contributed by atoms with E-state index in [1.165, 1.54) is 23.3 Å². The van der Waals surface area contributed by atoms with Gasteiger partial charge in [0.15, 0.2) is 0 Å². The molecular formula is C32H24ClF3. The van der Waals surface area contributed by atoms with E-state index in [2.05, 4.69) is 49.4 Å². The van der Waals surface area contributed by atoms with Crippen molar-refractivity contribution in [1.29, 1.82) is 0 Å². The first-order chi connectivity index (χ1) is 17.3. The maximum absolute atomic E-state index is 13.6. The van der Waals surface area contributed by atoms with Gasteiger partial charge in [-0.25, -0.2) is 0 Å². The third-order valence-corrected chi connectivity index (χ3v) is 7.93. The molecule has 6 rings (SSSR count). The van der Waals surface area contributed by atoms with Crippen molar-refractivity contribution in [3.63, 3.8) is 0 Å². The van der Waals surface area contributed by atoms with Crippen LogP contribution in [0.15, 0.2) is 91.0 Å². The van der Waals surface area contributed by atoms with E-state index in [9.17, 15) is 13.2 Å². The van der Waals surface area contributed by atoms with Crippen molar-refractivity contribution in [3.8, 4) is 0 Å². The zero-order valence-corrected chi connectivity index (χ0v) is 20.5. The Morgan fingerprint density at radius 1 is 0.694 bits per heavy atom. The van der Waals surface area contributed by atoms with E-state index in [4.69, 9.17) is 11.6 Å². The Morgan fingerprint density at radius 2 is 1.44 bits per heavy atom. The zero-order chi connectivity index (χ0) is 25.0. The van der Waals surface area contributed by atoms with Gasteiger partial charge in [-0.3, -0.25) is 0 Å². The first-order valence-corrected chi connectivity index (χ1v) is 12.6. The van der Waals surface area contributed by atoms with Crippen LogP contribution in [-0.4, -0.2) is 0 Å². The monoisotopic (exact) mass is 500 g/mol. The number of benzene rings is 5. The van der Waals surface area contributed by atoms with E-state index < -0.39 is 11.7 Å². The highest BCUT2D eigenvalue weighted by molar-refractivity contribution is 6.30. The van der Waals surface area contributed by atoms with E-state index >= 15 is 0 Å². The molecule has 0 N–H and O–H groups in total. The molecule has 0 saturated carbocycles. The van der Waals surface area contributed by atoms with Crippen LogP contribution in [-0.2, 0) is 6.18 Å². The number of halogens is 4. The van der Waals surface area contributed by atoms with Gasteiger partial charge >= 0.3 is 6.18 Å². The second kappa shape index (κ2) is 8.67. The minimum atomic E-state index is -4.37. The fourth-order valence-electron chi connectivity index (χ4n) is 6.07. The molecule has 0 amide bonds. The van der Waals surface area contributed by atoms with Crippen molar-refractivity contribution in [2.75, 3.05) is 0 Å². The van der Waals surface area contributed by atoms with E-state index in [1.54, 1.807) is 0 Å². The van der Waals surface area contributed by atoms with Gasteiger partial charge in [0.25, 0.3) is 0 Å². The molecule has 0 saturated heterocycles. The number of hydrogen-bond donors (Lipinski definition) is 0. The molecule has 0 aliphatic heterocycles. The van der Waals surface area contributed by atoms with Crippen LogP contribution in [0.2, 0.25) is 5.02 Å². The van der Waals surface area contributed by atoms with Gasteiger partial charge in [0.05, 0.1) is 5.56 Å². The lowest BCUT2D eigenvalue weighted by atomic mass is 9.69. The van der Waals surface area contributed by atoms with Gasteiger partial charge in [0, 0.05) is 16.9 Å². The Hall–Kier alpha value is -3.30. The van der Waals surface area contributed by atoms with Crippen LogP contribution < -0.4 is 0 Å². The molecule has 5 aromatic carbocycles. The van der Waals surface area contributed by atoms with Crippen LogP contribution in [0.4, 0.5) is 13.2 Å². The molecule has 0 radical (unpaired) electrons. The van der Waals surface area contributed by atoms with Gasteiger partial charge in [-0.1, -0.05) is 84.4 Å². The lowest BCUT2D eigenvalue weighted by molar-refractivity contribution is -0.137. The molecule has 36 heavy (non-hydrogen) atoms. The van der Waals surface area contributed by atoms with Crippen LogP contribution in [0.1, 0.15) is 58.1 Å². The second-order valence-electron chi connectivity index (χ2n) is 9.76. The summed E-state index contributed by atoms with van der Waals surface area (Å²) >= 11 is 6.25. The third-order valence-electron chi connectivity index (χ3n) is 7.69. The Bertz CT molecular complexity index is 1620. The topological polar surface area (TPSA) is 0 Å². The van der Waals surface area contributed by atoms with Gasteiger partial charge in [-0.05, 0) is 87.3 Å². The predicted octanol–water partition coefficient (Wildman–Crippen LogP) is 10.0. The Balaban J connectivity index is 1.62. The summed E-state index contributed by atoms with van der Waals surface area (Å²) < 4.78 is 40.8. The summed E-state index contributed by atoms with van der Waals surface area (Å²) in [6.07, 6.45) is -2.74. The molecule has 4 heteroatoms. The summed E-state index contributed by atoms with van der Waals surface area (Å²) in [5.74, 6) is 0.0474. The van der Waals surface area contributed by atoms with Crippen molar-refractivity contribution in [2.45, 2.75) is 37.8 Å². The average molecular weight is 501 g/mol. The van der Waals surface area contributed by atoms with Crippen LogP contribution in [0.25, 0.3) is 21.5 Å². The maximum atomic E-state index is 13.6. The van der Waals surface area contributed by atoms with Crippen molar-refractivity contribution in [1.82, 2.24) is 0 Å². The highest BCUT2D eigenvalue weighted by Crippen LogP contribution is 2.49. The van der Waals surface area contributed by atoms with Crippen LogP contribution in [0.5, 0.6) is 0 Å². The summed E-state index contributed by atoms with van der Waals surface area (Å²) in [4.78, 5) is 0. The lowest BCUT2D eigenvalue weighted by Crippen LogP contribution is -2.18. The number of alkyl halides is 3. The van der Waals surface area contributed by atoms with E-state index in [0.29, 0.717) is 5.02 Å². The van der Waals surface area contributed by atoms with Gasteiger partial charge in [0.2, 0.25) is 0 Å². The quantitative estimate of drug-likeness (QED) is 0.211. The standard InChI is InChI=1S/C32H24ClF3/c1-19-17-23(33)10-12-24(19)27-14-13-26(21-6-4-7-22(18-21)32(34,35)36)31-29-11-9-20-5-2-3-8-25(20)28(29)15-16-30(27)31/h2-12,15-18,26-27H,13-14H2,1H3. The molecule has 0 spiro atoms. The fraction of sp³-hybridized carbons (Fsp3) is 0.188. The van der Waals surface area contributed by atoms with Crippen molar-refractivity contribution in [3.05, 3.63) is 129 Å². The van der Waals surface area contributed by atoms with E-state index in [-0.39, 0.29) is 11.8 Å². The predicted molar refractivity (Wildman–Crippen MR) is 142 cm³/mol. The second-order valence-corrected chi connectivity index (χ2v) is 10.2. The lowest BCUT2D eigenvalue weighted by Gasteiger charge is -2.34. The number of aryl methyl sites for hydroxylation is 1. The van der Waals surface area contributed by atoms with Crippen molar-refractivity contribution >= 4 is 33.1 Å². The average Bonchev–Trinajstić information content (AvgIpc) is 2.87. The minimum absolute atomic E-state index is 0.115. The molecule has 2 unspecified atom stereocenters. The van der Waals surface area contributed by atoms with Crippen LogP contribution in [0, 0.1) is 6.92 Å². The molecule has 0 bridgehead atoms. The highest BCUT2D eigenvalue weighted by atomic mass is 35.5. The first-order valence-electron chi connectivity index (χ1n) is 12.2. The van der Waals surface area contributed by atoms with E-state index in [0.717, 1.165) is 57.1 Å². The zero-order valence-electron chi connectivity index (χ0n) is 19.7. The number of rotatable bonds is 2. The Morgan fingerprint density at radius 3 is 2.25 bits per heavy atom. The Labute approximate surface area is 213 Å². The van der Waals surface area contributed by atoms with Crippen molar-refractivity contribution < 1.29 is 13.2 Å². The minimum Gasteiger partial charge on any atom is -0.166 e. The fourth-order valence-corrected chi connectivity index (χ4v) is 6.30. The van der Waals surface area contributed by atoms with Gasteiger partial charge < -0.3 is 0 Å². The Kier molecular flexibility index (Phi) is 5.57. The van der Waals surface area contributed by atoms with Gasteiger partial charge in [-0.15, -0.1) is 0 Å². The van der Waals surface area contributed by atoms with Crippen LogP contribution in [0.3, 0.4) is 0 Å². The first kappa shape index (κ1) is 23.1.